The van der Waals surface area contributed by atoms with Gasteiger partial charge in [-0.25, -0.2) is 0 Å². The van der Waals surface area contributed by atoms with Crippen LogP contribution < -0.4 is 10.6 Å². The molecule has 0 saturated heterocycles. The highest BCUT2D eigenvalue weighted by Gasteiger charge is 1.96. The molecule has 2 aromatic carbocycles. The van der Waals surface area contributed by atoms with Gasteiger partial charge in [-0.2, -0.15) is 0 Å². The van der Waals surface area contributed by atoms with Gasteiger partial charge in [0.1, 0.15) is 0 Å². The Balaban J connectivity index is 0.000000224. The summed E-state index contributed by atoms with van der Waals surface area (Å²) in [5.41, 5.74) is 2.86. The van der Waals surface area contributed by atoms with Crippen molar-refractivity contribution in [3.05, 3.63) is 58.6 Å². The largest absolute Gasteiger partial charge is 0.328 e. The number of hydrogen-bond donors (Lipinski definition) is 2. The zero-order valence-corrected chi connectivity index (χ0v) is 14.2. The lowest BCUT2D eigenvalue weighted by molar-refractivity contribution is -0.115. The fourth-order valence-electron chi connectivity index (χ4n) is 1.53. The van der Waals surface area contributed by atoms with Crippen LogP contribution in [0.2, 0.25) is 0 Å². The average molecular weight is 363 g/mol. The maximum atomic E-state index is 11.0. The first-order valence-electron chi connectivity index (χ1n) is 6.88. The molecule has 0 aliphatic rings. The summed E-state index contributed by atoms with van der Waals surface area (Å²) in [7, 11) is 0. The molecular formula is C17H19BrN2O2. The Morgan fingerprint density at radius 3 is 2.32 bits per heavy atom. The maximum absolute atomic E-state index is 11.0. The number of para-hydroxylation sites is 1. The second-order valence-corrected chi connectivity index (χ2v) is 5.36. The smallest absolute Gasteiger partial charge is 0.224 e. The van der Waals surface area contributed by atoms with E-state index in [1.807, 2.05) is 62.4 Å². The molecule has 0 unspecified atom stereocenters. The minimum absolute atomic E-state index is 0.0545. The molecule has 0 aliphatic heterocycles. The lowest BCUT2D eigenvalue weighted by Crippen LogP contribution is -2.08. The van der Waals surface area contributed by atoms with Crippen molar-refractivity contribution in [1.29, 1.82) is 0 Å². The number of rotatable bonds is 4. The van der Waals surface area contributed by atoms with Crippen LogP contribution in [0.15, 0.2) is 53.0 Å². The number of anilines is 2. The molecule has 0 heterocycles. The van der Waals surface area contributed by atoms with Crippen molar-refractivity contribution in [2.24, 2.45) is 0 Å². The first-order valence-corrected chi connectivity index (χ1v) is 7.67. The lowest BCUT2D eigenvalue weighted by atomic mass is 10.2. The monoisotopic (exact) mass is 362 g/mol. The summed E-state index contributed by atoms with van der Waals surface area (Å²) in [6, 6.07) is 15.2. The molecule has 2 amide bonds. The third-order valence-electron chi connectivity index (χ3n) is 2.74. The predicted molar refractivity (Wildman–Crippen MR) is 93.9 cm³/mol. The molecule has 0 aliphatic carbocycles. The molecule has 0 spiro atoms. The molecule has 2 rings (SSSR count). The Morgan fingerprint density at radius 1 is 1.14 bits per heavy atom. The fraction of sp³-hybridized carbons (Fsp3) is 0.176. The number of carbonyl (C=O) groups excluding carboxylic acids is 2. The van der Waals surface area contributed by atoms with E-state index in [-0.39, 0.29) is 5.91 Å². The van der Waals surface area contributed by atoms with E-state index >= 15 is 0 Å². The van der Waals surface area contributed by atoms with E-state index in [0.717, 1.165) is 15.8 Å². The summed E-state index contributed by atoms with van der Waals surface area (Å²) >= 11 is 3.28. The number of halogens is 1. The van der Waals surface area contributed by atoms with Crippen molar-refractivity contribution in [3.8, 4) is 0 Å². The second-order valence-electron chi connectivity index (χ2n) is 4.51. The molecule has 5 heteroatoms. The minimum atomic E-state index is 0.0545. The average Bonchev–Trinajstić information content (AvgIpc) is 2.52. The number of aryl methyl sites for hydroxylation is 1. The molecule has 2 aromatic rings. The Kier molecular flexibility index (Phi) is 7.92. The Morgan fingerprint density at radius 2 is 1.77 bits per heavy atom. The molecular weight excluding hydrogens is 344 g/mol. The summed E-state index contributed by atoms with van der Waals surface area (Å²) in [6.45, 7) is 3.86. The first-order chi connectivity index (χ1) is 10.6. The van der Waals surface area contributed by atoms with Gasteiger partial charge in [0.25, 0.3) is 0 Å². The third kappa shape index (κ3) is 6.54. The van der Waals surface area contributed by atoms with E-state index in [2.05, 4.69) is 26.6 Å². The van der Waals surface area contributed by atoms with Crippen molar-refractivity contribution in [2.45, 2.75) is 20.3 Å². The van der Waals surface area contributed by atoms with Gasteiger partial charge in [0.2, 0.25) is 12.3 Å². The normalized spacial score (nSPS) is 9.23. The fourth-order valence-corrected chi connectivity index (χ4v) is 1.93. The van der Waals surface area contributed by atoms with Gasteiger partial charge in [0, 0.05) is 16.6 Å². The molecule has 0 fully saturated rings. The van der Waals surface area contributed by atoms with Gasteiger partial charge in [0.15, 0.2) is 0 Å². The summed E-state index contributed by atoms with van der Waals surface area (Å²) in [5.74, 6) is 0.0545. The van der Waals surface area contributed by atoms with E-state index in [1.165, 1.54) is 5.56 Å². The van der Waals surface area contributed by atoms with Crippen LogP contribution in [0, 0.1) is 6.92 Å². The van der Waals surface area contributed by atoms with Crippen LogP contribution in [0.5, 0.6) is 0 Å². The summed E-state index contributed by atoms with van der Waals surface area (Å²) in [5, 5.41) is 5.33. The van der Waals surface area contributed by atoms with E-state index in [9.17, 15) is 9.59 Å². The number of carbonyl (C=O) groups is 2. The van der Waals surface area contributed by atoms with Crippen molar-refractivity contribution < 1.29 is 9.59 Å². The van der Waals surface area contributed by atoms with Gasteiger partial charge in [-0.15, -0.1) is 0 Å². The van der Waals surface area contributed by atoms with Crippen LogP contribution in [0.25, 0.3) is 0 Å². The zero-order chi connectivity index (χ0) is 16.4. The van der Waals surface area contributed by atoms with Crippen molar-refractivity contribution in [2.75, 3.05) is 10.6 Å². The molecule has 2 N–H and O–H groups in total. The third-order valence-corrected chi connectivity index (χ3v) is 3.44. The summed E-state index contributed by atoms with van der Waals surface area (Å²) in [6.07, 6.45) is 1.17. The number of benzene rings is 2. The second kappa shape index (κ2) is 9.73. The molecule has 0 atom stereocenters. The number of nitrogens with one attached hydrogen (secondary N) is 2. The lowest BCUT2D eigenvalue weighted by Gasteiger charge is -2.02. The van der Waals surface area contributed by atoms with Gasteiger partial charge in [-0.05, 0) is 47.1 Å². The minimum Gasteiger partial charge on any atom is -0.328 e. The van der Waals surface area contributed by atoms with E-state index < -0.39 is 0 Å². The van der Waals surface area contributed by atoms with Gasteiger partial charge in [0.05, 0.1) is 5.69 Å². The van der Waals surface area contributed by atoms with E-state index in [4.69, 9.17) is 0 Å². The molecule has 0 aromatic heterocycles. The topological polar surface area (TPSA) is 58.2 Å². The van der Waals surface area contributed by atoms with Crippen LogP contribution in [0.3, 0.4) is 0 Å². The van der Waals surface area contributed by atoms with Crippen LogP contribution in [-0.4, -0.2) is 12.3 Å². The SMILES string of the molecule is CCC(=O)Nc1ccc(C)cc1.O=CNc1ccccc1Br. The first kappa shape index (κ1) is 17.9. The Hall–Kier alpha value is -2.14. The summed E-state index contributed by atoms with van der Waals surface area (Å²) < 4.78 is 0.891. The zero-order valence-electron chi connectivity index (χ0n) is 12.6. The van der Waals surface area contributed by atoms with Crippen LogP contribution in [0.4, 0.5) is 11.4 Å². The Bertz CT molecular complexity index is 612. The van der Waals surface area contributed by atoms with Crippen molar-refractivity contribution in [3.63, 3.8) is 0 Å². The van der Waals surface area contributed by atoms with E-state index in [1.54, 1.807) is 0 Å². The number of amides is 2. The van der Waals surface area contributed by atoms with Crippen LogP contribution >= 0.6 is 15.9 Å². The van der Waals surface area contributed by atoms with Gasteiger partial charge in [-0.1, -0.05) is 36.8 Å². The highest BCUT2D eigenvalue weighted by atomic mass is 79.9. The molecule has 0 radical (unpaired) electrons. The maximum Gasteiger partial charge on any atom is 0.224 e. The number of hydrogen-bond acceptors (Lipinski definition) is 2. The van der Waals surface area contributed by atoms with Gasteiger partial charge >= 0.3 is 0 Å². The molecule has 0 bridgehead atoms. The Labute approximate surface area is 139 Å². The quantitative estimate of drug-likeness (QED) is 0.793. The predicted octanol–water partition coefficient (Wildman–Crippen LogP) is 4.36. The summed E-state index contributed by atoms with van der Waals surface area (Å²) in [4.78, 5) is 20.9. The molecule has 4 nitrogen and oxygen atoms in total. The van der Waals surface area contributed by atoms with E-state index in [0.29, 0.717) is 12.8 Å². The highest BCUT2D eigenvalue weighted by Crippen LogP contribution is 2.19. The van der Waals surface area contributed by atoms with Gasteiger partial charge in [-0.3, -0.25) is 9.59 Å². The van der Waals surface area contributed by atoms with Gasteiger partial charge < -0.3 is 10.6 Å². The molecule has 116 valence electrons. The van der Waals surface area contributed by atoms with Crippen LogP contribution in [0.1, 0.15) is 18.9 Å². The van der Waals surface area contributed by atoms with Crippen LogP contribution in [-0.2, 0) is 9.59 Å². The molecule has 0 saturated carbocycles. The standard InChI is InChI=1S/C10H13NO.C7H6BrNO/c1-3-10(12)11-9-6-4-8(2)5-7-9;8-6-3-1-2-4-7(6)9-5-10/h4-7H,3H2,1-2H3,(H,11,12);1-5H,(H,9,10). The van der Waals surface area contributed by atoms with Crippen molar-refractivity contribution >= 4 is 39.6 Å². The highest BCUT2D eigenvalue weighted by molar-refractivity contribution is 9.10. The van der Waals surface area contributed by atoms with Crippen molar-refractivity contribution in [1.82, 2.24) is 0 Å². The molecule has 22 heavy (non-hydrogen) atoms.